The normalized spacial score (nSPS) is 17.2. The number of hydrogen-bond acceptors (Lipinski definition) is 6. The summed E-state index contributed by atoms with van der Waals surface area (Å²) in [6.07, 6.45) is 12.6. The van der Waals surface area contributed by atoms with Crippen LogP contribution in [0.4, 0.5) is 5.69 Å². The van der Waals surface area contributed by atoms with Crippen molar-refractivity contribution in [1.82, 2.24) is 19.8 Å². The molecule has 1 atom stereocenters. The Morgan fingerprint density at radius 1 is 1.19 bits per heavy atom. The number of aliphatic imine (C=N–C) groups is 1. The van der Waals surface area contributed by atoms with E-state index in [-0.39, 0.29) is 12.5 Å². The lowest BCUT2D eigenvalue weighted by atomic mass is 10.1. The second-order valence-electron chi connectivity index (χ2n) is 7.90. The summed E-state index contributed by atoms with van der Waals surface area (Å²) in [5.41, 5.74) is 1.54. The molecule has 2 aliphatic heterocycles. The van der Waals surface area contributed by atoms with Gasteiger partial charge in [0.1, 0.15) is 11.8 Å². The van der Waals surface area contributed by atoms with Crippen LogP contribution in [0.1, 0.15) is 44.1 Å². The number of aliphatic hydroxyl groups is 1. The number of benzene rings is 1. The topological polar surface area (TPSA) is 92.0 Å². The van der Waals surface area contributed by atoms with Crippen LogP contribution in [-0.4, -0.2) is 50.7 Å². The zero-order valence-corrected chi connectivity index (χ0v) is 18.2. The third-order valence-corrected chi connectivity index (χ3v) is 6.14. The molecular weight excluding hydrogens is 418 g/mol. The van der Waals surface area contributed by atoms with E-state index in [0.717, 1.165) is 30.6 Å². The molecule has 0 bridgehead atoms. The molecule has 1 fully saturated rings. The van der Waals surface area contributed by atoms with Crippen molar-refractivity contribution in [2.24, 2.45) is 4.99 Å². The van der Waals surface area contributed by atoms with E-state index < -0.39 is 6.04 Å². The van der Waals surface area contributed by atoms with Crippen molar-refractivity contribution >= 4 is 29.2 Å². The Bertz CT molecular complexity index is 931. The number of ether oxygens (including phenoxy) is 1. The summed E-state index contributed by atoms with van der Waals surface area (Å²) >= 11 is 6.59. The highest BCUT2D eigenvalue weighted by molar-refractivity contribution is 6.33. The Labute approximate surface area is 186 Å². The van der Waals surface area contributed by atoms with Gasteiger partial charge in [-0.15, -0.1) is 0 Å². The van der Waals surface area contributed by atoms with Crippen molar-refractivity contribution in [2.75, 3.05) is 13.2 Å². The van der Waals surface area contributed by atoms with Gasteiger partial charge in [0, 0.05) is 24.5 Å². The number of nitrogens with one attached hydrogen (secondary N) is 1. The van der Waals surface area contributed by atoms with Crippen LogP contribution in [-0.2, 0) is 17.9 Å². The summed E-state index contributed by atoms with van der Waals surface area (Å²) in [5, 5.41) is 12.7. The van der Waals surface area contributed by atoms with Gasteiger partial charge in [-0.05, 0) is 25.0 Å². The highest BCUT2D eigenvalue weighted by Crippen LogP contribution is 2.39. The number of fused-ring (bicyclic) bond motifs is 2. The lowest BCUT2D eigenvalue weighted by molar-refractivity contribution is -0.122. The number of carbonyl (C=O) groups is 1. The highest BCUT2D eigenvalue weighted by Gasteiger charge is 2.39. The maximum Gasteiger partial charge on any atom is 0.251 e. The highest BCUT2D eigenvalue weighted by atomic mass is 35.5. The van der Waals surface area contributed by atoms with Crippen molar-refractivity contribution in [1.29, 1.82) is 0 Å². The standard InChI is InChI=1S/C22H28ClN5O3/c23-20-16-13-28-18(14-29)21(30)26-22(28)25-17(16)7-8-19(20)31-12-6-4-2-1-3-5-10-27-11-9-24-15-27/h7-9,11,15,18,29H,1-6,10,12-14H2,(H,25,26,30). The second-order valence-corrected chi connectivity index (χ2v) is 8.27. The van der Waals surface area contributed by atoms with Crippen LogP contribution in [0.2, 0.25) is 5.02 Å². The minimum Gasteiger partial charge on any atom is -0.492 e. The Morgan fingerprint density at radius 3 is 2.77 bits per heavy atom. The van der Waals surface area contributed by atoms with Crippen LogP contribution in [0, 0.1) is 0 Å². The molecule has 2 aliphatic rings. The third kappa shape index (κ3) is 5.02. The molecule has 1 aromatic heterocycles. The van der Waals surface area contributed by atoms with Gasteiger partial charge in [-0.2, -0.15) is 0 Å². The summed E-state index contributed by atoms with van der Waals surface area (Å²) in [6, 6.07) is 3.06. The van der Waals surface area contributed by atoms with Crippen molar-refractivity contribution in [3.63, 3.8) is 0 Å². The molecule has 0 spiro atoms. The molecular formula is C22H28ClN5O3. The molecule has 31 heavy (non-hydrogen) atoms. The molecule has 0 aliphatic carbocycles. The van der Waals surface area contributed by atoms with Gasteiger partial charge in [0.25, 0.3) is 5.91 Å². The van der Waals surface area contributed by atoms with Gasteiger partial charge in [-0.25, -0.2) is 9.98 Å². The van der Waals surface area contributed by atoms with E-state index in [1.165, 1.54) is 25.7 Å². The molecule has 3 heterocycles. The molecule has 166 valence electrons. The number of unbranched alkanes of at least 4 members (excludes halogenated alkanes) is 5. The third-order valence-electron chi connectivity index (χ3n) is 5.72. The van der Waals surface area contributed by atoms with E-state index in [0.29, 0.717) is 29.9 Å². The van der Waals surface area contributed by atoms with Crippen LogP contribution in [0.3, 0.4) is 0 Å². The summed E-state index contributed by atoms with van der Waals surface area (Å²) in [6.45, 7) is 1.79. The summed E-state index contributed by atoms with van der Waals surface area (Å²) in [7, 11) is 0. The first-order valence-corrected chi connectivity index (χ1v) is 11.2. The van der Waals surface area contributed by atoms with Crippen molar-refractivity contribution in [3.8, 4) is 5.75 Å². The number of imidazole rings is 1. The molecule has 1 saturated heterocycles. The van der Waals surface area contributed by atoms with Gasteiger partial charge < -0.3 is 19.3 Å². The van der Waals surface area contributed by atoms with E-state index in [1.54, 1.807) is 4.90 Å². The first-order chi connectivity index (χ1) is 15.2. The molecule has 4 rings (SSSR count). The smallest absolute Gasteiger partial charge is 0.251 e. The van der Waals surface area contributed by atoms with Crippen LogP contribution >= 0.6 is 11.6 Å². The van der Waals surface area contributed by atoms with Crippen LogP contribution in [0.15, 0.2) is 35.8 Å². The van der Waals surface area contributed by atoms with Gasteiger partial charge >= 0.3 is 0 Å². The number of halogens is 1. The van der Waals surface area contributed by atoms with Crippen molar-refractivity contribution in [2.45, 2.75) is 57.7 Å². The van der Waals surface area contributed by atoms with Gasteiger partial charge in [0.15, 0.2) is 0 Å². The van der Waals surface area contributed by atoms with Crippen LogP contribution < -0.4 is 10.1 Å². The summed E-state index contributed by atoms with van der Waals surface area (Å²) < 4.78 is 8.04. The maximum absolute atomic E-state index is 12.0. The zero-order chi connectivity index (χ0) is 21.6. The quantitative estimate of drug-likeness (QED) is 0.518. The molecule has 1 amide bonds. The van der Waals surface area contributed by atoms with Gasteiger partial charge in [0.05, 0.1) is 36.8 Å². The average Bonchev–Trinajstić information content (AvgIpc) is 3.39. The molecule has 2 N–H and O–H groups in total. The van der Waals surface area contributed by atoms with E-state index in [4.69, 9.17) is 16.3 Å². The summed E-state index contributed by atoms with van der Waals surface area (Å²) in [5.74, 6) is 0.855. The number of aromatic nitrogens is 2. The molecule has 9 heteroatoms. The number of rotatable bonds is 11. The first-order valence-electron chi connectivity index (χ1n) is 10.8. The molecule has 8 nitrogen and oxygen atoms in total. The molecule has 2 aromatic rings. The Hall–Kier alpha value is -2.58. The summed E-state index contributed by atoms with van der Waals surface area (Å²) in [4.78, 5) is 22.2. The number of aryl methyl sites for hydroxylation is 1. The van der Waals surface area contributed by atoms with Gasteiger partial charge in [-0.3, -0.25) is 10.1 Å². The van der Waals surface area contributed by atoms with E-state index >= 15 is 0 Å². The average molecular weight is 446 g/mol. The molecule has 0 radical (unpaired) electrons. The van der Waals surface area contributed by atoms with E-state index in [2.05, 4.69) is 19.9 Å². The van der Waals surface area contributed by atoms with E-state index in [1.807, 2.05) is 30.9 Å². The van der Waals surface area contributed by atoms with Gasteiger partial charge in [0.2, 0.25) is 5.96 Å². The molecule has 1 aromatic carbocycles. The minimum atomic E-state index is -0.632. The monoisotopic (exact) mass is 445 g/mol. The Balaban J connectivity index is 1.20. The lowest BCUT2D eigenvalue weighted by Gasteiger charge is -2.28. The fourth-order valence-electron chi connectivity index (χ4n) is 3.96. The zero-order valence-electron chi connectivity index (χ0n) is 17.5. The number of hydrogen-bond donors (Lipinski definition) is 2. The van der Waals surface area contributed by atoms with Crippen molar-refractivity contribution in [3.05, 3.63) is 41.4 Å². The maximum atomic E-state index is 12.0. The number of nitrogens with zero attached hydrogens (tertiary/aromatic N) is 4. The predicted molar refractivity (Wildman–Crippen MR) is 119 cm³/mol. The largest absolute Gasteiger partial charge is 0.492 e. The Kier molecular flexibility index (Phi) is 7.09. The Morgan fingerprint density at radius 2 is 2.00 bits per heavy atom. The van der Waals surface area contributed by atoms with Crippen LogP contribution in [0.25, 0.3) is 0 Å². The number of guanidine groups is 1. The SMILES string of the molecule is O=C1NC2=Nc3ccc(OCCCCCCCCn4ccnc4)c(Cl)c3CN2C1CO. The van der Waals surface area contributed by atoms with Crippen molar-refractivity contribution < 1.29 is 14.6 Å². The number of amides is 1. The number of aliphatic hydroxyl groups excluding tert-OH is 1. The second kappa shape index (κ2) is 10.2. The fourth-order valence-corrected chi connectivity index (χ4v) is 4.23. The lowest BCUT2D eigenvalue weighted by Crippen LogP contribution is -2.39. The predicted octanol–water partition coefficient (Wildman–Crippen LogP) is 3.25. The molecule has 0 saturated carbocycles. The minimum absolute atomic E-state index is 0.247. The van der Waals surface area contributed by atoms with Crippen LogP contribution in [0.5, 0.6) is 5.75 Å². The van der Waals surface area contributed by atoms with Gasteiger partial charge in [-0.1, -0.05) is 37.3 Å². The number of carbonyl (C=O) groups excluding carboxylic acids is 1. The van der Waals surface area contributed by atoms with E-state index in [9.17, 15) is 9.90 Å². The first kappa shape index (κ1) is 21.6. The molecule has 1 unspecified atom stereocenters. The fraction of sp³-hybridized carbons (Fsp3) is 0.500.